The number of amides is 7. The van der Waals surface area contributed by atoms with Gasteiger partial charge < -0.3 is 61.1 Å². The molecule has 22 nitrogen and oxygen atoms in total. The van der Waals surface area contributed by atoms with E-state index in [0.29, 0.717) is 91.8 Å². The molecule has 0 saturated heterocycles. The fourth-order valence-electron chi connectivity index (χ4n) is 8.64. The van der Waals surface area contributed by atoms with Crippen molar-refractivity contribution >= 4 is 65.4 Å². The normalized spacial score (nSPS) is 11.6. The van der Waals surface area contributed by atoms with Crippen LogP contribution in [0.3, 0.4) is 0 Å². The van der Waals surface area contributed by atoms with E-state index in [4.69, 9.17) is 30.4 Å². The van der Waals surface area contributed by atoms with Gasteiger partial charge in [0.05, 0.1) is 38.1 Å². The average Bonchev–Trinajstić information content (AvgIpc) is 1.57. The van der Waals surface area contributed by atoms with Gasteiger partial charge in [-0.1, -0.05) is 102 Å². The Morgan fingerprint density at radius 2 is 0.849 bits per heavy atom. The zero-order chi connectivity index (χ0) is 78.6. The first-order chi connectivity index (χ1) is 50.7. The minimum absolute atomic E-state index is 0.00864. The molecule has 1 fully saturated rings. The van der Waals surface area contributed by atoms with E-state index in [1.54, 1.807) is 153 Å². The monoisotopic (exact) mass is 1450 g/mol. The number of carboxylic acid groups (broad SMARTS) is 1. The Labute approximate surface area is 626 Å². The van der Waals surface area contributed by atoms with E-state index in [2.05, 4.69) is 68.9 Å². The van der Waals surface area contributed by atoms with E-state index >= 15 is 0 Å². The zero-order valence-electron chi connectivity index (χ0n) is 63.0. The van der Waals surface area contributed by atoms with E-state index in [0.717, 1.165) is 72.8 Å². The van der Waals surface area contributed by atoms with Crippen LogP contribution >= 0.6 is 0 Å². The second kappa shape index (κ2) is 53.6. The predicted octanol–water partition coefficient (Wildman–Crippen LogP) is 10.2. The standard InChI is InChI=1S/C18H24N2O3.C18H24N2O2.C17H22N2O3.C16H20N2O2.C15H16O4/c1-14(13-21)19-18(23)16-10-7-9-15(12-16)8-5-4-6-11-17(22)20(2)3;1-20(2)17(21)10-5-3-4-7-14-8-6-9-15(13-14)18(22)19-16-11-12-16;1-13(12-20)18-17(22)15-9-6-8-14(11-15)7-4-5-10-16(21)19(2)3;1-13(12-19)18-16(20)15-9-6-8-14(11-15)7-4-2-3-5-10-17;1-2-19-15(18)13-9-6-8-12(11-13)7-4-3-5-10-14(16)17/h7,9-10,12,14,21H,4,6,11,13H2,1-3H3,(H,19,23);4,6-9,13,16H,3,5,10-12H2,1-2H3,(H,19,22);6,8-9,11,13,20H,5,10,12H2,1-3H3,(H,18,22);4,6-9,11,13,19H,2-3,5,12H2,1H3,(H,18,20);6,8-9,11H,2-3,5,10H2,1H3,(H,16,17)/b;7-4-;;7-4-;. The first-order valence-electron chi connectivity index (χ1n) is 35.5. The van der Waals surface area contributed by atoms with Crippen LogP contribution in [0.2, 0.25) is 0 Å². The highest BCUT2D eigenvalue weighted by atomic mass is 16.5. The highest BCUT2D eigenvalue weighted by molar-refractivity contribution is 5.97. The summed E-state index contributed by atoms with van der Waals surface area (Å²) in [5.74, 6) is 16.2. The molecule has 0 bridgehead atoms. The van der Waals surface area contributed by atoms with Crippen LogP contribution in [0.5, 0.6) is 0 Å². The highest BCUT2D eigenvalue weighted by Crippen LogP contribution is 2.20. The topological polar surface area (TPSA) is 325 Å². The van der Waals surface area contributed by atoms with Crippen LogP contribution in [0.4, 0.5) is 0 Å². The number of carboxylic acids is 1. The minimum Gasteiger partial charge on any atom is -0.481 e. The molecule has 3 atom stereocenters. The number of benzene rings is 5. The number of nitriles is 1. The Bertz CT molecular complexity index is 3930. The van der Waals surface area contributed by atoms with Crippen molar-refractivity contribution in [3.8, 4) is 41.6 Å². The lowest BCUT2D eigenvalue weighted by molar-refractivity contribution is -0.137. The van der Waals surface area contributed by atoms with Gasteiger partial charge >= 0.3 is 11.9 Å². The molecule has 5 aromatic rings. The Morgan fingerprint density at radius 3 is 1.25 bits per heavy atom. The Hall–Kier alpha value is -11.1. The molecule has 566 valence electrons. The number of aliphatic hydroxyl groups is 3. The molecule has 1 saturated carbocycles. The number of unbranched alkanes of at least 4 members (excludes halogenated alkanes) is 5. The number of rotatable bonds is 30. The van der Waals surface area contributed by atoms with Crippen molar-refractivity contribution < 1.29 is 68.3 Å². The highest BCUT2D eigenvalue weighted by Gasteiger charge is 2.24. The van der Waals surface area contributed by atoms with E-state index in [1.807, 2.05) is 66.8 Å². The van der Waals surface area contributed by atoms with E-state index in [9.17, 15) is 43.2 Å². The number of aliphatic carboxylic acids is 1. The maximum Gasteiger partial charge on any atom is 0.338 e. The molecule has 1 aliphatic carbocycles. The molecule has 8 N–H and O–H groups in total. The first kappa shape index (κ1) is 90.9. The van der Waals surface area contributed by atoms with Crippen LogP contribution in [0.1, 0.15) is 210 Å². The molecule has 22 heteroatoms. The fourth-order valence-corrected chi connectivity index (χ4v) is 8.64. The number of aliphatic hydroxyl groups excluding tert-OH is 3. The summed E-state index contributed by atoms with van der Waals surface area (Å²) in [6.45, 7) is 7.01. The molecule has 6 rings (SSSR count). The van der Waals surface area contributed by atoms with Crippen LogP contribution in [0, 0.1) is 46.9 Å². The second-order valence-corrected chi connectivity index (χ2v) is 25.3. The molecule has 7 amide bonds. The van der Waals surface area contributed by atoms with Gasteiger partial charge in [-0.3, -0.25) is 38.4 Å². The van der Waals surface area contributed by atoms with Crippen molar-refractivity contribution in [2.75, 3.05) is 68.7 Å². The molecule has 3 unspecified atom stereocenters. The second-order valence-electron chi connectivity index (χ2n) is 25.3. The number of hydrogen-bond acceptors (Lipinski definition) is 14. The Balaban J connectivity index is 0.000000451. The molecule has 0 heterocycles. The number of carbonyl (C=O) groups is 9. The van der Waals surface area contributed by atoms with Gasteiger partial charge in [0, 0.05) is 157 Å². The van der Waals surface area contributed by atoms with Gasteiger partial charge in [-0.25, -0.2) is 4.79 Å². The van der Waals surface area contributed by atoms with Crippen LogP contribution in [0.15, 0.2) is 133 Å². The van der Waals surface area contributed by atoms with Crippen molar-refractivity contribution in [3.05, 3.63) is 189 Å². The van der Waals surface area contributed by atoms with Crippen LogP contribution in [-0.4, -0.2) is 181 Å². The summed E-state index contributed by atoms with van der Waals surface area (Å²) in [5.41, 5.74) is 6.93. The summed E-state index contributed by atoms with van der Waals surface area (Å²) in [6.07, 6.45) is 18.6. The molecule has 0 aliphatic heterocycles. The van der Waals surface area contributed by atoms with Crippen molar-refractivity contribution in [3.63, 3.8) is 0 Å². The molecule has 0 spiro atoms. The average molecular weight is 1450 g/mol. The lowest BCUT2D eigenvalue weighted by Gasteiger charge is -2.10. The van der Waals surface area contributed by atoms with Crippen molar-refractivity contribution in [1.29, 1.82) is 5.26 Å². The molecular formula is C84H106N8O14. The van der Waals surface area contributed by atoms with E-state index < -0.39 is 5.97 Å². The first-order valence-corrected chi connectivity index (χ1v) is 35.5. The Kier molecular flexibility index (Phi) is 46.0. The van der Waals surface area contributed by atoms with Gasteiger partial charge in [0.15, 0.2) is 0 Å². The smallest absolute Gasteiger partial charge is 0.338 e. The van der Waals surface area contributed by atoms with E-state index in [-0.39, 0.29) is 91.7 Å². The van der Waals surface area contributed by atoms with Crippen LogP contribution in [0.25, 0.3) is 12.2 Å². The molecule has 1 aliphatic rings. The van der Waals surface area contributed by atoms with Crippen LogP contribution < -0.4 is 21.3 Å². The van der Waals surface area contributed by atoms with Crippen molar-refractivity contribution in [2.24, 2.45) is 0 Å². The quantitative estimate of drug-likeness (QED) is 0.0120. The fraction of sp³-hybridized carbons (Fsp3) is 0.405. The van der Waals surface area contributed by atoms with Crippen molar-refractivity contribution in [1.82, 2.24) is 36.0 Å². The van der Waals surface area contributed by atoms with Gasteiger partial charge in [0.1, 0.15) is 0 Å². The third-order valence-electron chi connectivity index (χ3n) is 14.9. The maximum absolute atomic E-state index is 12.0. The minimum atomic E-state index is -0.814. The largest absolute Gasteiger partial charge is 0.481 e. The molecular weight excluding hydrogens is 1340 g/mol. The van der Waals surface area contributed by atoms with Gasteiger partial charge in [0.2, 0.25) is 17.7 Å². The van der Waals surface area contributed by atoms with Crippen LogP contribution in [-0.2, 0) is 23.9 Å². The number of allylic oxidation sites excluding steroid dienone is 2. The van der Waals surface area contributed by atoms with Gasteiger partial charge in [-0.2, -0.15) is 5.26 Å². The lowest BCUT2D eigenvalue weighted by Crippen LogP contribution is -2.34. The van der Waals surface area contributed by atoms with Gasteiger partial charge in [0.25, 0.3) is 23.6 Å². The number of nitrogens with one attached hydrogen (secondary N) is 4. The summed E-state index contributed by atoms with van der Waals surface area (Å²) in [6, 6.07) is 37.5. The predicted molar refractivity (Wildman–Crippen MR) is 413 cm³/mol. The summed E-state index contributed by atoms with van der Waals surface area (Å²) in [7, 11) is 10.5. The number of hydrogen-bond donors (Lipinski definition) is 8. The number of ether oxygens (including phenoxy) is 1. The Morgan fingerprint density at radius 1 is 0.481 bits per heavy atom. The lowest BCUT2D eigenvalue weighted by atomic mass is 10.1. The number of carbonyl (C=O) groups excluding carboxylic acids is 8. The summed E-state index contributed by atoms with van der Waals surface area (Å²) in [5, 5.41) is 54.8. The summed E-state index contributed by atoms with van der Waals surface area (Å²) >= 11 is 0. The maximum atomic E-state index is 12.0. The molecule has 0 aromatic heterocycles. The molecule has 5 aromatic carbocycles. The summed E-state index contributed by atoms with van der Waals surface area (Å²) in [4.78, 5) is 109. The van der Waals surface area contributed by atoms with Gasteiger partial charge in [-0.05, 0) is 169 Å². The number of esters is 1. The van der Waals surface area contributed by atoms with Crippen molar-refractivity contribution in [2.45, 2.75) is 155 Å². The third-order valence-corrected chi connectivity index (χ3v) is 14.9. The molecule has 0 radical (unpaired) electrons. The summed E-state index contributed by atoms with van der Waals surface area (Å²) < 4.78 is 4.90. The number of nitrogens with zero attached hydrogens (tertiary/aromatic N) is 4. The third kappa shape index (κ3) is 41.8. The zero-order valence-corrected chi connectivity index (χ0v) is 63.0. The molecule has 106 heavy (non-hydrogen) atoms. The van der Waals surface area contributed by atoms with Gasteiger partial charge in [-0.15, -0.1) is 0 Å². The van der Waals surface area contributed by atoms with E-state index in [1.165, 1.54) is 4.90 Å². The SMILES string of the molecule is CC(CO)NC(=O)c1cccc(/C=C\CCCC#N)c1.CC(CO)NC(=O)c1cccc(C#CCCC(=O)N(C)C)c1.CC(CO)NC(=O)c1cccc(C#CCCCC(=O)N(C)C)c1.CCOC(=O)c1cccc(C#CCCCC(=O)O)c1.CN(C)C(=O)CCC/C=C\c1cccc(C(=O)NC2CC2)c1.